The number of amides is 1. The fourth-order valence-electron chi connectivity index (χ4n) is 3.83. The summed E-state index contributed by atoms with van der Waals surface area (Å²) in [6, 6.07) is 13.3. The van der Waals surface area contributed by atoms with Crippen LogP contribution in [0.3, 0.4) is 0 Å². The summed E-state index contributed by atoms with van der Waals surface area (Å²) < 4.78 is 11.1. The first kappa shape index (κ1) is 16.5. The van der Waals surface area contributed by atoms with Crippen LogP contribution in [-0.2, 0) is 9.53 Å². The molecule has 0 saturated carbocycles. The van der Waals surface area contributed by atoms with Gasteiger partial charge in [0.05, 0.1) is 12.0 Å². The second-order valence-electron chi connectivity index (χ2n) is 6.47. The third kappa shape index (κ3) is 2.35. The minimum atomic E-state index is -0.865. The number of hydrogen-bond acceptors (Lipinski definition) is 5. The monoisotopic (exact) mass is 354 g/mol. The van der Waals surface area contributed by atoms with E-state index in [1.165, 1.54) is 12.1 Å². The number of rotatable bonds is 4. The SMILES string of the molecule is COc1ccc(N2C(=O)[C@@]3(CCCO3)[C@@H]2c2ccc([N+](=O)[O-])cc2)cc1. The molecule has 1 amide bonds. The molecule has 7 nitrogen and oxygen atoms in total. The first-order chi connectivity index (χ1) is 12.6. The summed E-state index contributed by atoms with van der Waals surface area (Å²) in [6.07, 6.45) is 1.48. The number of ether oxygens (including phenoxy) is 2. The normalized spacial score (nSPS) is 24.6. The van der Waals surface area contributed by atoms with E-state index in [2.05, 4.69) is 0 Å². The quantitative estimate of drug-likeness (QED) is 0.478. The number of nitro benzene ring substituents is 1. The van der Waals surface area contributed by atoms with E-state index in [-0.39, 0.29) is 17.6 Å². The molecule has 0 bridgehead atoms. The molecule has 4 rings (SSSR count). The van der Waals surface area contributed by atoms with Crippen molar-refractivity contribution in [2.24, 2.45) is 0 Å². The van der Waals surface area contributed by atoms with Crippen molar-refractivity contribution in [3.05, 3.63) is 64.2 Å². The fourth-order valence-corrected chi connectivity index (χ4v) is 3.83. The summed E-state index contributed by atoms with van der Waals surface area (Å²) in [5.41, 5.74) is 0.737. The van der Waals surface area contributed by atoms with Gasteiger partial charge in [0.25, 0.3) is 11.6 Å². The molecule has 2 atom stereocenters. The van der Waals surface area contributed by atoms with Gasteiger partial charge in [0, 0.05) is 24.4 Å². The average Bonchev–Trinajstić information content (AvgIpc) is 3.18. The number of carbonyl (C=O) groups is 1. The average molecular weight is 354 g/mol. The van der Waals surface area contributed by atoms with Crippen molar-refractivity contribution in [3.63, 3.8) is 0 Å². The summed E-state index contributed by atoms with van der Waals surface area (Å²) in [7, 11) is 1.59. The zero-order valence-corrected chi connectivity index (χ0v) is 14.3. The van der Waals surface area contributed by atoms with Gasteiger partial charge in [0.1, 0.15) is 11.8 Å². The van der Waals surface area contributed by atoms with Crippen LogP contribution in [0.2, 0.25) is 0 Å². The van der Waals surface area contributed by atoms with E-state index in [1.54, 1.807) is 36.3 Å². The lowest BCUT2D eigenvalue weighted by Crippen LogP contribution is -2.68. The number of nitro groups is 1. The molecule has 2 saturated heterocycles. The van der Waals surface area contributed by atoms with E-state index < -0.39 is 10.5 Å². The van der Waals surface area contributed by atoms with E-state index in [0.717, 1.165) is 17.7 Å². The van der Waals surface area contributed by atoms with E-state index in [4.69, 9.17) is 9.47 Å². The number of methoxy groups -OCH3 is 1. The Morgan fingerprint density at radius 1 is 1.19 bits per heavy atom. The van der Waals surface area contributed by atoms with Crippen molar-refractivity contribution in [1.29, 1.82) is 0 Å². The van der Waals surface area contributed by atoms with E-state index >= 15 is 0 Å². The van der Waals surface area contributed by atoms with E-state index in [9.17, 15) is 14.9 Å². The number of benzene rings is 2. The third-order valence-electron chi connectivity index (χ3n) is 5.10. The second-order valence-corrected chi connectivity index (χ2v) is 6.47. The zero-order valence-electron chi connectivity index (χ0n) is 14.3. The summed E-state index contributed by atoms with van der Waals surface area (Å²) in [4.78, 5) is 25.1. The molecule has 2 aliphatic rings. The van der Waals surface area contributed by atoms with Crippen molar-refractivity contribution in [2.75, 3.05) is 18.6 Å². The minimum absolute atomic E-state index is 0.0248. The highest BCUT2D eigenvalue weighted by Gasteiger charge is 2.64. The van der Waals surface area contributed by atoms with Crippen LogP contribution in [0.15, 0.2) is 48.5 Å². The van der Waals surface area contributed by atoms with Crippen LogP contribution in [0, 0.1) is 10.1 Å². The number of nitrogens with zero attached hydrogens (tertiary/aromatic N) is 2. The number of carbonyl (C=O) groups excluding carboxylic acids is 1. The van der Waals surface area contributed by atoms with Gasteiger partial charge in [-0.05, 0) is 54.8 Å². The third-order valence-corrected chi connectivity index (χ3v) is 5.10. The van der Waals surface area contributed by atoms with Gasteiger partial charge in [-0.3, -0.25) is 19.8 Å². The number of β-lactam (4-membered cyclic amide) rings is 1. The van der Waals surface area contributed by atoms with Gasteiger partial charge in [-0.2, -0.15) is 0 Å². The number of non-ortho nitro benzene ring substituents is 1. The lowest BCUT2D eigenvalue weighted by molar-refractivity contribution is -0.384. The summed E-state index contributed by atoms with van der Waals surface area (Å²) in [5.74, 6) is 0.643. The number of hydrogen-bond donors (Lipinski definition) is 0. The van der Waals surface area contributed by atoms with Gasteiger partial charge in [-0.25, -0.2) is 0 Å². The Kier molecular flexibility index (Phi) is 3.88. The minimum Gasteiger partial charge on any atom is -0.497 e. The molecule has 0 aromatic heterocycles. The maximum Gasteiger partial charge on any atom is 0.269 e. The Bertz CT molecular complexity index is 841. The van der Waals surface area contributed by atoms with Crippen LogP contribution in [0.5, 0.6) is 5.75 Å². The molecule has 2 aromatic rings. The van der Waals surface area contributed by atoms with Gasteiger partial charge in [0.15, 0.2) is 5.60 Å². The molecule has 0 N–H and O–H groups in total. The smallest absolute Gasteiger partial charge is 0.269 e. The number of anilines is 1. The van der Waals surface area contributed by atoms with Gasteiger partial charge in [-0.1, -0.05) is 0 Å². The van der Waals surface area contributed by atoms with Crippen molar-refractivity contribution in [2.45, 2.75) is 24.5 Å². The molecule has 0 radical (unpaired) electrons. The predicted octanol–water partition coefficient (Wildman–Crippen LogP) is 3.24. The van der Waals surface area contributed by atoms with Crippen LogP contribution < -0.4 is 9.64 Å². The van der Waals surface area contributed by atoms with Crippen LogP contribution in [0.4, 0.5) is 11.4 Å². The highest BCUT2D eigenvalue weighted by atomic mass is 16.6. The topological polar surface area (TPSA) is 81.9 Å². The molecule has 0 aliphatic carbocycles. The lowest BCUT2D eigenvalue weighted by Gasteiger charge is -2.53. The van der Waals surface area contributed by atoms with E-state index in [0.29, 0.717) is 18.8 Å². The molecule has 7 heteroatoms. The van der Waals surface area contributed by atoms with Gasteiger partial charge >= 0.3 is 0 Å². The molecule has 2 heterocycles. The van der Waals surface area contributed by atoms with Crippen LogP contribution in [0.25, 0.3) is 0 Å². The predicted molar refractivity (Wildman–Crippen MR) is 94.2 cm³/mol. The fraction of sp³-hybridized carbons (Fsp3) is 0.316. The van der Waals surface area contributed by atoms with Crippen molar-refractivity contribution in [1.82, 2.24) is 0 Å². The Hall–Kier alpha value is -2.93. The van der Waals surface area contributed by atoms with E-state index in [1.807, 2.05) is 12.1 Å². The molecule has 2 aliphatic heterocycles. The largest absolute Gasteiger partial charge is 0.497 e. The molecule has 0 unspecified atom stereocenters. The molecule has 2 fully saturated rings. The van der Waals surface area contributed by atoms with Crippen molar-refractivity contribution < 1.29 is 19.2 Å². The molecule has 26 heavy (non-hydrogen) atoms. The molecule has 134 valence electrons. The first-order valence-corrected chi connectivity index (χ1v) is 8.43. The summed E-state index contributed by atoms with van der Waals surface area (Å²) in [6.45, 7) is 0.547. The summed E-state index contributed by atoms with van der Waals surface area (Å²) >= 11 is 0. The Morgan fingerprint density at radius 2 is 1.88 bits per heavy atom. The molecular formula is C19H18N2O5. The first-order valence-electron chi connectivity index (χ1n) is 8.43. The van der Waals surface area contributed by atoms with Crippen LogP contribution >= 0.6 is 0 Å². The molecular weight excluding hydrogens is 336 g/mol. The van der Waals surface area contributed by atoms with Crippen LogP contribution in [0.1, 0.15) is 24.4 Å². The van der Waals surface area contributed by atoms with Crippen LogP contribution in [-0.4, -0.2) is 30.1 Å². The van der Waals surface area contributed by atoms with Gasteiger partial charge in [0.2, 0.25) is 0 Å². The Balaban J connectivity index is 1.72. The lowest BCUT2D eigenvalue weighted by atomic mass is 9.75. The maximum atomic E-state index is 13.0. The standard InChI is InChI=1S/C19H18N2O5/c1-25-16-9-7-14(8-10-16)20-17(19(18(20)22)11-2-12-26-19)13-3-5-15(6-4-13)21(23)24/h3-10,17H,2,11-12H2,1H3/t17-,19+/m0/s1. The van der Waals surface area contributed by atoms with Crippen molar-refractivity contribution in [3.8, 4) is 5.75 Å². The molecule has 1 spiro atoms. The molecule has 2 aromatic carbocycles. The second kappa shape index (κ2) is 6.10. The Morgan fingerprint density at radius 3 is 2.42 bits per heavy atom. The van der Waals surface area contributed by atoms with Gasteiger partial charge < -0.3 is 9.47 Å². The highest BCUT2D eigenvalue weighted by Crippen LogP contribution is 2.53. The Labute approximate surface area is 150 Å². The highest BCUT2D eigenvalue weighted by molar-refractivity contribution is 6.08. The maximum absolute atomic E-state index is 13.0. The zero-order chi connectivity index (χ0) is 18.3. The van der Waals surface area contributed by atoms with Gasteiger partial charge in [-0.15, -0.1) is 0 Å². The summed E-state index contributed by atoms with van der Waals surface area (Å²) in [5, 5.41) is 10.9. The van der Waals surface area contributed by atoms with Crippen molar-refractivity contribution >= 4 is 17.3 Å².